The van der Waals surface area contributed by atoms with Crippen LogP contribution in [0, 0.1) is 26.9 Å². The van der Waals surface area contributed by atoms with Crippen LogP contribution in [-0.4, -0.2) is 17.3 Å². The van der Waals surface area contributed by atoms with Gasteiger partial charge in [-0.1, -0.05) is 0 Å². The molecule has 0 bridgehead atoms. The largest absolute Gasteiger partial charge is 0.415 e. The number of amides is 1. The molecule has 1 amide bonds. The molecule has 0 heterocycles. The Kier molecular flexibility index (Phi) is 4.51. The van der Waals surface area contributed by atoms with E-state index in [9.17, 15) is 9.59 Å². The lowest BCUT2D eigenvalue weighted by molar-refractivity contribution is 0.112. The molecule has 0 aliphatic carbocycles. The maximum atomic E-state index is 11.4. The van der Waals surface area contributed by atoms with Crippen molar-refractivity contribution in [3.63, 3.8) is 0 Å². The number of carbonyl (C=O) groups excluding carboxylic acids is 2. The van der Waals surface area contributed by atoms with Gasteiger partial charge in [0.05, 0.1) is 13.1 Å². The topological polar surface area (TPSA) is 46.6 Å². The van der Waals surface area contributed by atoms with E-state index in [2.05, 4.69) is 13.8 Å². The summed E-state index contributed by atoms with van der Waals surface area (Å²) < 4.78 is 4.99. The Balaban J connectivity index is 2.65. The summed E-state index contributed by atoms with van der Waals surface area (Å²) in [5, 5.41) is 0. The summed E-state index contributed by atoms with van der Waals surface area (Å²) in [5.74, 6) is 0.351. The molecule has 0 N–H and O–H groups in total. The molecular formula is C12H11NO3. The third-order valence-corrected chi connectivity index (χ3v) is 1.83. The van der Waals surface area contributed by atoms with Gasteiger partial charge >= 0.3 is 6.09 Å². The normalized spacial score (nSPS) is 9.62. The van der Waals surface area contributed by atoms with Gasteiger partial charge in [0.1, 0.15) is 12.0 Å². The van der Waals surface area contributed by atoms with Crippen molar-refractivity contribution < 1.29 is 14.3 Å². The van der Waals surface area contributed by atoms with E-state index in [1.807, 2.05) is 0 Å². The van der Waals surface area contributed by atoms with E-state index in [4.69, 9.17) is 4.74 Å². The number of rotatable bonds is 4. The second-order valence-electron chi connectivity index (χ2n) is 2.83. The highest BCUT2D eigenvalue weighted by atomic mass is 16.6. The first kappa shape index (κ1) is 12.2. The first-order valence-electron chi connectivity index (χ1n) is 4.51. The molecule has 1 aromatic carbocycles. The van der Waals surface area contributed by atoms with Crippen LogP contribution in [0.2, 0.25) is 0 Å². The van der Waals surface area contributed by atoms with E-state index in [1.54, 1.807) is 12.1 Å². The quantitative estimate of drug-likeness (QED) is 0.727. The number of nitrogens with zero attached hydrogens (tertiary/aromatic N) is 1. The summed E-state index contributed by atoms with van der Waals surface area (Å²) in [7, 11) is 0. The maximum absolute atomic E-state index is 11.4. The van der Waals surface area contributed by atoms with Gasteiger partial charge < -0.3 is 4.74 Å². The average molecular weight is 217 g/mol. The van der Waals surface area contributed by atoms with E-state index in [1.165, 1.54) is 25.2 Å². The molecule has 0 aliphatic rings. The highest BCUT2D eigenvalue weighted by Crippen LogP contribution is 2.13. The maximum Gasteiger partial charge on any atom is 0.415 e. The molecule has 4 radical (unpaired) electrons. The average Bonchev–Trinajstić information content (AvgIpc) is 2.31. The Labute approximate surface area is 94.8 Å². The highest BCUT2D eigenvalue weighted by molar-refractivity contribution is 5.76. The summed E-state index contributed by atoms with van der Waals surface area (Å²) in [5.41, 5.74) is 0.518. The van der Waals surface area contributed by atoms with Gasteiger partial charge in [0.2, 0.25) is 0 Å². The summed E-state index contributed by atoms with van der Waals surface area (Å²) in [6.45, 7) is 9.43. The van der Waals surface area contributed by atoms with Crippen LogP contribution in [-0.2, 0) is 0 Å². The van der Waals surface area contributed by atoms with Gasteiger partial charge in [-0.3, -0.25) is 9.69 Å². The van der Waals surface area contributed by atoms with Crippen molar-refractivity contribution in [3.05, 3.63) is 56.8 Å². The minimum Gasteiger partial charge on any atom is -0.410 e. The monoisotopic (exact) mass is 217 g/mol. The zero-order valence-corrected chi connectivity index (χ0v) is 8.63. The molecule has 0 saturated carbocycles. The minimum atomic E-state index is -0.608. The molecule has 0 unspecified atom stereocenters. The summed E-state index contributed by atoms with van der Waals surface area (Å²) in [6.07, 6.45) is 0.106. The number of carbonyl (C=O) groups is 2. The number of aldehydes is 1. The fraction of sp³-hybridized carbons (Fsp3) is 0. The zero-order valence-electron chi connectivity index (χ0n) is 8.63. The highest BCUT2D eigenvalue weighted by Gasteiger charge is 2.12. The fourth-order valence-corrected chi connectivity index (χ4v) is 0.992. The summed E-state index contributed by atoms with van der Waals surface area (Å²) >= 11 is 0. The molecule has 0 atom stereocenters. The molecule has 1 rings (SSSR count). The molecule has 4 heteroatoms. The van der Waals surface area contributed by atoms with Gasteiger partial charge in [-0.25, -0.2) is 4.79 Å². The van der Waals surface area contributed by atoms with Crippen molar-refractivity contribution in [2.45, 2.75) is 0 Å². The Morgan fingerprint density at radius 2 is 1.75 bits per heavy atom. The first-order chi connectivity index (χ1) is 7.71. The van der Waals surface area contributed by atoms with Crippen LogP contribution in [0.15, 0.2) is 24.3 Å². The second-order valence-corrected chi connectivity index (χ2v) is 2.83. The third kappa shape index (κ3) is 3.08. The Hall–Kier alpha value is -1.84. The van der Waals surface area contributed by atoms with Crippen LogP contribution in [0.1, 0.15) is 10.4 Å². The van der Waals surface area contributed by atoms with E-state index in [-0.39, 0.29) is 0 Å². The number of hydrogen-bond acceptors (Lipinski definition) is 3. The molecule has 4 nitrogen and oxygen atoms in total. The number of ether oxygens (including phenoxy) is 1. The molecule has 82 valence electrons. The molecule has 0 spiro atoms. The molecular weight excluding hydrogens is 206 g/mol. The lowest BCUT2D eigenvalue weighted by Crippen LogP contribution is -2.27. The fourth-order valence-electron chi connectivity index (χ4n) is 0.992. The lowest BCUT2D eigenvalue weighted by atomic mass is 10.2. The molecule has 16 heavy (non-hydrogen) atoms. The SMILES string of the molecule is [CH2][CH]N([CH][CH2])C(=O)Oc1ccc(C=O)cc1. The smallest absolute Gasteiger partial charge is 0.410 e. The van der Waals surface area contributed by atoms with Crippen molar-refractivity contribution in [2.75, 3.05) is 0 Å². The van der Waals surface area contributed by atoms with Gasteiger partial charge in [0.25, 0.3) is 0 Å². The lowest BCUT2D eigenvalue weighted by Gasteiger charge is -2.16. The van der Waals surface area contributed by atoms with Gasteiger partial charge in [-0.15, -0.1) is 0 Å². The first-order valence-corrected chi connectivity index (χ1v) is 4.51. The Bertz CT molecular complexity index is 355. The van der Waals surface area contributed by atoms with Gasteiger partial charge in [0.15, 0.2) is 0 Å². The Morgan fingerprint density at radius 3 is 2.19 bits per heavy atom. The molecule has 0 aliphatic heterocycles. The van der Waals surface area contributed by atoms with Crippen LogP contribution in [0.3, 0.4) is 0 Å². The molecule has 0 aromatic heterocycles. The van der Waals surface area contributed by atoms with E-state index in [0.29, 0.717) is 17.6 Å². The zero-order chi connectivity index (χ0) is 12.0. The molecule has 0 fully saturated rings. The van der Waals surface area contributed by atoms with Gasteiger partial charge in [-0.2, -0.15) is 0 Å². The Morgan fingerprint density at radius 1 is 1.19 bits per heavy atom. The van der Waals surface area contributed by atoms with Crippen LogP contribution in [0.25, 0.3) is 0 Å². The minimum absolute atomic E-state index is 0.351. The van der Waals surface area contributed by atoms with Gasteiger partial charge in [-0.05, 0) is 38.1 Å². The standard InChI is InChI=1S/C12H11NO3/c1-3-13(4-2)12(15)16-11-7-5-10(9-14)6-8-11/h3-9H,1-2H2. The number of benzene rings is 1. The van der Waals surface area contributed by atoms with E-state index in [0.717, 1.165) is 4.90 Å². The van der Waals surface area contributed by atoms with E-state index < -0.39 is 6.09 Å². The van der Waals surface area contributed by atoms with Crippen molar-refractivity contribution in [1.82, 2.24) is 4.90 Å². The molecule has 1 aromatic rings. The molecule has 0 saturated heterocycles. The van der Waals surface area contributed by atoms with Gasteiger partial charge in [0, 0.05) is 5.56 Å². The van der Waals surface area contributed by atoms with Crippen molar-refractivity contribution in [2.24, 2.45) is 0 Å². The third-order valence-electron chi connectivity index (χ3n) is 1.83. The van der Waals surface area contributed by atoms with Crippen molar-refractivity contribution >= 4 is 12.4 Å². The predicted octanol–water partition coefficient (Wildman–Crippen LogP) is 2.29. The number of hydrogen-bond donors (Lipinski definition) is 0. The second kappa shape index (κ2) is 5.90. The predicted molar refractivity (Wildman–Crippen MR) is 59.0 cm³/mol. The van der Waals surface area contributed by atoms with Crippen LogP contribution in [0.4, 0.5) is 4.79 Å². The summed E-state index contributed by atoms with van der Waals surface area (Å²) in [6, 6.07) is 6.18. The van der Waals surface area contributed by atoms with Crippen molar-refractivity contribution in [1.29, 1.82) is 0 Å². The van der Waals surface area contributed by atoms with Crippen LogP contribution in [0.5, 0.6) is 5.75 Å². The van der Waals surface area contributed by atoms with Crippen LogP contribution >= 0.6 is 0 Å². The van der Waals surface area contributed by atoms with Crippen molar-refractivity contribution in [3.8, 4) is 5.75 Å². The van der Waals surface area contributed by atoms with E-state index >= 15 is 0 Å². The summed E-state index contributed by atoms with van der Waals surface area (Å²) in [4.78, 5) is 22.9. The van der Waals surface area contributed by atoms with Crippen LogP contribution < -0.4 is 4.74 Å².